The number of para-hydroxylation sites is 1. The van der Waals surface area contributed by atoms with E-state index in [2.05, 4.69) is 15.5 Å². The number of hydrogen-bond acceptors (Lipinski definition) is 2. The molecule has 0 saturated carbocycles. The Kier molecular flexibility index (Phi) is 3.44. The highest BCUT2D eigenvalue weighted by Crippen LogP contribution is 2.19. The number of aromatic amines is 1. The molecule has 4 heteroatoms. The number of nitrogens with one attached hydrogen (secondary N) is 2. The molecule has 0 aliphatic carbocycles. The number of nitrogens with zero attached hydrogens (tertiary/aromatic N) is 1. The lowest BCUT2D eigenvalue weighted by atomic mass is 10.0. The molecule has 4 nitrogen and oxygen atoms in total. The number of hydrogen-bond donors (Lipinski definition) is 2. The van der Waals surface area contributed by atoms with Crippen molar-refractivity contribution in [3.05, 3.63) is 65.4 Å². The van der Waals surface area contributed by atoms with Crippen LogP contribution in [0, 0.1) is 6.92 Å². The van der Waals surface area contributed by atoms with Gasteiger partial charge in [-0.25, -0.2) is 0 Å². The number of aryl methyl sites for hydroxylation is 1. The predicted octanol–water partition coefficient (Wildman–Crippen LogP) is 3.36. The van der Waals surface area contributed by atoms with Crippen LogP contribution in [0.5, 0.6) is 0 Å². The van der Waals surface area contributed by atoms with E-state index in [1.807, 2.05) is 62.4 Å². The minimum Gasteiger partial charge on any atom is -0.344 e. The van der Waals surface area contributed by atoms with E-state index < -0.39 is 0 Å². The zero-order valence-corrected chi connectivity index (χ0v) is 12.1. The van der Waals surface area contributed by atoms with Crippen LogP contribution in [-0.2, 0) is 0 Å². The van der Waals surface area contributed by atoms with Gasteiger partial charge in [0.25, 0.3) is 5.91 Å². The Morgan fingerprint density at radius 3 is 2.67 bits per heavy atom. The van der Waals surface area contributed by atoms with Crippen molar-refractivity contribution in [3.8, 4) is 0 Å². The van der Waals surface area contributed by atoms with Gasteiger partial charge >= 0.3 is 0 Å². The highest BCUT2D eigenvalue weighted by molar-refractivity contribution is 6.04. The smallest absolute Gasteiger partial charge is 0.272 e. The van der Waals surface area contributed by atoms with E-state index in [4.69, 9.17) is 0 Å². The maximum Gasteiger partial charge on any atom is 0.272 e. The number of benzene rings is 2. The summed E-state index contributed by atoms with van der Waals surface area (Å²) in [5.74, 6) is -0.164. The second kappa shape index (κ2) is 5.40. The van der Waals surface area contributed by atoms with Gasteiger partial charge in [0, 0.05) is 5.39 Å². The zero-order valence-electron chi connectivity index (χ0n) is 12.1. The average molecular weight is 279 g/mol. The molecule has 0 aliphatic heterocycles. The molecule has 0 radical (unpaired) electrons. The molecule has 0 aliphatic rings. The van der Waals surface area contributed by atoms with Crippen molar-refractivity contribution >= 4 is 16.8 Å². The van der Waals surface area contributed by atoms with Crippen molar-refractivity contribution in [1.29, 1.82) is 0 Å². The molecule has 0 saturated heterocycles. The molecule has 2 aromatic carbocycles. The van der Waals surface area contributed by atoms with Gasteiger partial charge in [-0.1, -0.05) is 42.5 Å². The maximum atomic E-state index is 12.4. The molecular weight excluding hydrogens is 262 g/mol. The molecule has 2 N–H and O–H groups in total. The van der Waals surface area contributed by atoms with Crippen LogP contribution in [0.25, 0.3) is 10.9 Å². The fraction of sp³-hybridized carbons (Fsp3) is 0.176. The molecule has 0 bridgehead atoms. The van der Waals surface area contributed by atoms with Crippen molar-refractivity contribution in [3.63, 3.8) is 0 Å². The monoisotopic (exact) mass is 279 g/mol. The van der Waals surface area contributed by atoms with Gasteiger partial charge in [0.05, 0.1) is 11.6 Å². The second-order valence-electron chi connectivity index (χ2n) is 5.17. The third kappa shape index (κ3) is 2.52. The summed E-state index contributed by atoms with van der Waals surface area (Å²) in [6.45, 7) is 4.02. The van der Waals surface area contributed by atoms with Gasteiger partial charge in [-0.05, 0) is 31.0 Å². The Morgan fingerprint density at radius 1 is 1.14 bits per heavy atom. The highest BCUT2D eigenvalue weighted by Gasteiger charge is 2.17. The summed E-state index contributed by atoms with van der Waals surface area (Å²) >= 11 is 0. The molecule has 1 atom stereocenters. The summed E-state index contributed by atoms with van der Waals surface area (Å²) in [5, 5.41) is 10.9. The van der Waals surface area contributed by atoms with E-state index in [0.29, 0.717) is 5.69 Å². The number of carbonyl (C=O) groups excluding carboxylic acids is 1. The SMILES string of the molecule is Cc1ccccc1C(C)NC(=O)c1n[nH]c2ccccc12. The summed E-state index contributed by atoms with van der Waals surface area (Å²) in [4.78, 5) is 12.4. The molecule has 3 rings (SSSR count). The van der Waals surface area contributed by atoms with Crippen molar-refractivity contribution in [2.45, 2.75) is 19.9 Å². The summed E-state index contributed by atoms with van der Waals surface area (Å²) in [6.07, 6.45) is 0. The molecule has 1 aromatic heterocycles. The first-order chi connectivity index (χ1) is 10.2. The lowest BCUT2D eigenvalue weighted by Gasteiger charge is -2.15. The Labute approximate surface area is 123 Å². The first-order valence-corrected chi connectivity index (χ1v) is 6.96. The lowest BCUT2D eigenvalue weighted by molar-refractivity contribution is 0.0936. The van der Waals surface area contributed by atoms with Crippen LogP contribution in [0.2, 0.25) is 0 Å². The average Bonchev–Trinajstić information content (AvgIpc) is 2.91. The third-order valence-corrected chi connectivity index (χ3v) is 3.69. The minimum absolute atomic E-state index is 0.0610. The standard InChI is InChI=1S/C17H17N3O/c1-11-7-3-4-8-13(11)12(2)18-17(21)16-14-9-5-6-10-15(14)19-20-16/h3-10,12H,1-2H3,(H,18,21)(H,19,20). The largest absolute Gasteiger partial charge is 0.344 e. The molecule has 3 aromatic rings. The topological polar surface area (TPSA) is 57.8 Å². The fourth-order valence-electron chi connectivity index (χ4n) is 2.55. The number of H-pyrrole nitrogens is 1. The third-order valence-electron chi connectivity index (χ3n) is 3.69. The van der Waals surface area contributed by atoms with E-state index in [-0.39, 0.29) is 11.9 Å². The van der Waals surface area contributed by atoms with Crippen LogP contribution in [0.3, 0.4) is 0 Å². The number of amides is 1. The molecule has 1 heterocycles. The van der Waals surface area contributed by atoms with Crippen LogP contribution in [-0.4, -0.2) is 16.1 Å². The molecule has 0 fully saturated rings. The first-order valence-electron chi connectivity index (χ1n) is 6.96. The quantitative estimate of drug-likeness (QED) is 0.772. The predicted molar refractivity (Wildman–Crippen MR) is 83.2 cm³/mol. The van der Waals surface area contributed by atoms with Gasteiger partial charge in [-0.15, -0.1) is 0 Å². The van der Waals surface area contributed by atoms with Crippen LogP contribution in [0.4, 0.5) is 0 Å². The van der Waals surface area contributed by atoms with E-state index in [1.54, 1.807) is 0 Å². The Hall–Kier alpha value is -2.62. The maximum absolute atomic E-state index is 12.4. The van der Waals surface area contributed by atoms with Crippen LogP contribution in [0.1, 0.15) is 34.6 Å². The molecule has 1 amide bonds. The van der Waals surface area contributed by atoms with Crippen molar-refractivity contribution in [2.24, 2.45) is 0 Å². The van der Waals surface area contributed by atoms with E-state index in [0.717, 1.165) is 22.0 Å². The summed E-state index contributed by atoms with van der Waals surface area (Å²) in [5.41, 5.74) is 3.58. The summed E-state index contributed by atoms with van der Waals surface area (Å²) in [6, 6.07) is 15.6. The van der Waals surface area contributed by atoms with E-state index >= 15 is 0 Å². The number of carbonyl (C=O) groups is 1. The molecule has 106 valence electrons. The number of rotatable bonds is 3. The van der Waals surface area contributed by atoms with Crippen LogP contribution >= 0.6 is 0 Å². The van der Waals surface area contributed by atoms with Crippen molar-refractivity contribution < 1.29 is 4.79 Å². The van der Waals surface area contributed by atoms with Crippen LogP contribution in [0.15, 0.2) is 48.5 Å². The normalized spacial score (nSPS) is 12.3. The van der Waals surface area contributed by atoms with Gasteiger partial charge in [-0.3, -0.25) is 9.89 Å². The lowest BCUT2D eigenvalue weighted by Crippen LogP contribution is -2.27. The van der Waals surface area contributed by atoms with Gasteiger partial charge in [0.2, 0.25) is 0 Å². The fourth-order valence-corrected chi connectivity index (χ4v) is 2.55. The van der Waals surface area contributed by atoms with Crippen molar-refractivity contribution in [1.82, 2.24) is 15.5 Å². The molecule has 0 spiro atoms. The van der Waals surface area contributed by atoms with E-state index in [9.17, 15) is 4.79 Å². The molecule has 1 unspecified atom stereocenters. The van der Waals surface area contributed by atoms with E-state index in [1.165, 1.54) is 0 Å². The molecular formula is C17H17N3O. The zero-order chi connectivity index (χ0) is 14.8. The van der Waals surface area contributed by atoms with Gasteiger partial charge in [0.1, 0.15) is 0 Å². The summed E-state index contributed by atoms with van der Waals surface area (Å²) in [7, 11) is 0. The van der Waals surface area contributed by atoms with Crippen LogP contribution < -0.4 is 5.32 Å². The highest BCUT2D eigenvalue weighted by atomic mass is 16.2. The summed E-state index contributed by atoms with van der Waals surface area (Å²) < 4.78 is 0. The van der Waals surface area contributed by atoms with Gasteiger partial charge in [0.15, 0.2) is 5.69 Å². The Balaban J connectivity index is 1.85. The van der Waals surface area contributed by atoms with Gasteiger partial charge in [-0.2, -0.15) is 5.10 Å². The first kappa shape index (κ1) is 13.4. The Bertz CT molecular complexity index is 791. The second-order valence-corrected chi connectivity index (χ2v) is 5.17. The van der Waals surface area contributed by atoms with Crippen molar-refractivity contribution in [2.75, 3.05) is 0 Å². The number of aromatic nitrogens is 2. The van der Waals surface area contributed by atoms with Gasteiger partial charge < -0.3 is 5.32 Å². The number of fused-ring (bicyclic) bond motifs is 1. The minimum atomic E-state index is -0.164. The Morgan fingerprint density at radius 2 is 1.86 bits per heavy atom. The molecule has 21 heavy (non-hydrogen) atoms.